The molecule has 60 heavy (non-hydrogen) atoms. The van der Waals surface area contributed by atoms with Crippen molar-refractivity contribution in [3.63, 3.8) is 0 Å². The summed E-state index contributed by atoms with van der Waals surface area (Å²) in [5, 5.41) is 4.92. The Morgan fingerprint density at radius 3 is 2.10 bits per heavy atom. The van der Waals surface area contributed by atoms with E-state index in [0.29, 0.717) is 63.1 Å². The molecule has 0 unspecified atom stereocenters. The Balaban J connectivity index is 0.992. The number of alkyl carbamates (subject to hydrolysis) is 2. The summed E-state index contributed by atoms with van der Waals surface area (Å²) in [5.74, 6) is -2.25. The molecule has 3 aromatic carbocycles. The van der Waals surface area contributed by atoms with Crippen LogP contribution in [-0.2, 0) is 38.1 Å². The summed E-state index contributed by atoms with van der Waals surface area (Å²) in [6.07, 6.45) is 4.89. The lowest BCUT2D eigenvalue weighted by atomic mass is 9.98. The zero-order valence-corrected chi connectivity index (χ0v) is 34.0. The van der Waals surface area contributed by atoms with Crippen molar-refractivity contribution < 1.29 is 37.4 Å². The van der Waals surface area contributed by atoms with Gasteiger partial charge in [-0.05, 0) is 90.0 Å². The number of H-pyrrole nitrogens is 2. The number of fused-ring (bicyclic) bond motifs is 4. The molecule has 3 aliphatic rings. The van der Waals surface area contributed by atoms with Crippen LogP contribution in [0.25, 0.3) is 44.5 Å². The summed E-state index contributed by atoms with van der Waals surface area (Å²) in [4.78, 5) is 68.8. The van der Waals surface area contributed by atoms with Crippen molar-refractivity contribution in [3.05, 3.63) is 83.6 Å². The van der Waals surface area contributed by atoms with Gasteiger partial charge in [-0.3, -0.25) is 9.59 Å². The summed E-state index contributed by atoms with van der Waals surface area (Å²) in [6.45, 7) is 4.72. The summed E-state index contributed by atoms with van der Waals surface area (Å²) in [7, 11) is 2.48. The van der Waals surface area contributed by atoms with E-state index >= 15 is 8.78 Å². The number of carbonyl (C=O) groups is 4. The van der Waals surface area contributed by atoms with E-state index in [9.17, 15) is 19.2 Å². The Kier molecular flexibility index (Phi) is 10.8. The molecular weight excluding hydrogens is 775 g/mol. The normalized spacial score (nSPS) is 18.0. The first-order chi connectivity index (χ1) is 28.7. The van der Waals surface area contributed by atoms with Crippen LogP contribution in [0.1, 0.15) is 68.7 Å². The van der Waals surface area contributed by atoms with Crippen LogP contribution in [0.2, 0.25) is 0 Å². The molecule has 2 heterocycles. The van der Waals surface area contributed by atoms with Crippen molar-refractivity contribution >= 4 is 35.0 Å². The number of rotatable bonds is 13. The first-order valence-corrected chi connectivity index (χ1v) is 20.1. The van der Waals surface area contributed by atoms with E-state index in [4.69, 9.17) is 4.98 Å². The largest absolute Gasteiger partial charge is 0.453 e. The van der Waals surface area contributed by atoms with Crippen molar-refractivity contribution in [1.29, 1.82) is 0 Å². The van der Waals surface area contributed by atoms with Crippen LogP contribution in [0.3, 0.4) is 0 Å². The van der Waals surface area contributed by atoms with Gasteiger partial charge in [-0.15, -0.1) is 0 Å². The van der Waals surface area contributed by atoms with E-state index in [1.807, 2.05) is 24.3 Å². The lowest BCUT2D eigenvalue weighted by Crippen LogP contribution is -2.44. The second-order valence-corrected chi connectivity index (χ2v) is 16.6. The predicted molar refractivity (Wildman–Crippen MR) is 218 cm³/mol. The number of methoxy groups -OCH3 is 2. The summed E-state index contributed by atoms with van der Waals surface area (Å²) >= 11 is 0. The number of nitrogens with one attached hydrogen (secondary N) is 4. The van der Waals surface area contributed by atoms with Crippen molar-refractivity contribution in [2.75, 3.05) is 33.9 Å². The molecule has 2 aromatic heterocycles. The lowest BCUT2D eigenvalue weighted by molar-refractivity contribution is -0.133. The Bertz CT molecular complexity index is 2480. The van der Waals surface area contributed by atoms with Gasteiger partial charge in [0.05, 0.1) is 50.2 Å². The maximum Gasteiger partial charge on any atom is 0.407 e. The Hall–Kier alpha value is -6.32. The minimum atomic E-state index is -3.28. The van der Waals surface area contributed by atoms with E-state index in [-0.39, 0.29) is 60.6 Å². The second-order valence-electron chi connectivity index (χ2n) is 16.6. The van der Waals surface area contributed by atoms with Gasteiger partial charge in [0, 0.05) is 29.3 Å². The zero-order valence-electron chi connectivity index (χ0n) is 34.0. The summed E-state index contributed by atoms with van der Waals surface area (Å²) < 4.78 is 42.1. The Morgan fingerprint density at radius 1 is 0.817 bits per heavy atom. The molecule has 0 radical (unpaired) electrons. The minimum absolute atomic E-state index is 0.00182. The molecule has 2 fully saturated rings. The maximum absolute atomic E-state index is 16.4. The van der Waals surface area contributed by atoms with E-state index in [1.54, 1.807) is 40.3 Å². The molecule has 4 N–H and O–H groups in total. The van der Waals surface area contributed by atoms with Gasteiger partial charge < -0.3 is 39.9 Å². The SMILES string of the molecule is COC(=O)NCC(=O)N(Cc1ncc(-c2ccc3c(c2)C(F)(F)c2cc(-c4ccc5nc(CN(C(=O)CNC(=O)OC)[C@@H]6CC[C@H](C)C6)[nH]c5c4)ccc2-3)[nH]1)CC1(C)CC1. The summed E-state index contributed by atoms with van der Waals surface area (Å²) in [5.41, 5.74) is 4.48. The average Bonchev–Trinajstić information content (AvgIpc) is 3.64. The molecule has 314 valence electrons. The molecule has 16 heteroatoms. The van der Waals surface area contributed by atoms with Gasteiger partial charge in [0.2, 0.25) is 11.8 Å². The van der Waals surface area contributed by atoms with E-state index in [1.165, 1.54) is 20.3 Å². The molecule has 3 aliphatic carbocycles. The molecular formula is C44H48F2N8O6. The summed E-state index contributed by atoms with van der Waals surface area (Å²) in [6, 6.07) is 15.7. The molecule has 2 atom stereocenters. The van der Waals surface area contributed by atoms with Crippen molar-refractivity contribution in [2.45, 2.75) is 71.0 Å². The number of hydrogen-bond acceptors (Lipinski definition) is 8. The number of alkyl halides is 2. The fourth-order valence-corrected chi connectivity index (χ4v) is 8.42. The number of aromatic nitrogens is 4. The highest BCUT2D eigenvalue weighted by atomic mass is 19.3. The van der Waals surface area contributed by atoms with E-state index < -0.39 is 18.1 Å². The number of imidazole rings is 2. The number of hydrogen-bond donors (Lipinski definition) is 4. The number of halogens is 2. The molecule has 8 rings (SSSR count). The molecule has 0 spiro atoms. The van der Waals surface area contributed by atoms with Gasteiger partial charge in [-0.25, -0.2) is 19.6 Å². The number of nitrogens with zero attached hydrogens (tertiary/aromatic N) is 4. The topological polar surface area (TPSA) is 175 Å². The fraction of sp³-hybridized carbons (Fsp3) is 0.409. The number of amides is 4. The molecule has 0 aliphatic heterocycles. The van der Waals surface area contributed by atoms with E-state index in [2.05, 4.69) is 48.9 Å². The van der Waals surface area contributed by atoms with Crippen LogP contribution >= 0.6 is 0 Å². The predicted octanol–water partition coefficient (Wildman–Crippen LogP) is 7.10. The van der Waals surface area contributed by atoms with Gasteiger partial charge in [-0.2, -0.15) is 8.78 Å². The molecule has 5 aromatic rings. The quantitative estimate of drug-likeness (QED) is 0.0973. The maximum atomic E-state index is 16.4. The van der Waals surface area contributed by atoms with Gasteiger partial charge in [0.15, 0.2) is 0 Å². The minimum Gasteiger partial charge on any atom is -0.453 e. The van der Waals surface area contributed by atoms with Gasteiger partial charge in [-0.1, -0.05) is 44.2 Å². The zero-order chi connectivity index (χ0) is 42.3. The third-order valence-electron chi connectivity index (χ3n) is 12.1. The first-order valence-electron chi connectivity index (χ1n) is 20.1. The number of benzene rings is 3. The molecule has 4 amide bonds. The molecule has 14 nitrogen and oxygen atoms in total. The standard InChI is InChI=1S/C44H48F2N8O6/c1-25-5-9-29(15-25)54(40(56)21-49-42(58)60-4)23-38-50-34-12-8-27(18-35(34)51-38)26-6-10-30-31-11-7-28(17-33(31)44(45,46)32(30)16-26)36-19-47-37(52-36)22-53(24-43(2)13-14-43)39(55)20-48-41(57)59-3/h6-8,10-12,16-19,25,29H,5,9,13-15,20-24H2,1-4H3,(H,47,52)(H,48,57)(H,49,58)(H,50,51)/t25-,29+/m0/s1. The number of aromatic amines is 2. The average molecular weight is 823 g/mol. The van der Waals surface area contributed by atoms with Crippen molar-refractivity contribution in [3.8, 4) is 33.5 Å². The van der Waals surface area contributed by atoms with Gasteiger partial charge in [0.25, 0.3) is 5.92 Å². The Morgan fingerprint density at radius 2 is 1.45 bits per heavy atom. The highest BCUT2D eigenvalue weighted by Gasteiger charge is 2.45. The van der Waals surface area contributed by atoms with Gasteiger partial charge >= 0.3 is 12.2 Å². The van der Waals surface area contributed by atoms with Crippen molar-refractivity contribution in [1.82, 2.24) is 40.4 Å². The number of carbonyl (C=O) groups excluding carboxylic acids is 4. The Labute approximate surface area is 345 Å². The van der Waals surface area contributed by atoms with Gasteiger partial charge in [0.1, 0.15) is 24.7 Å². The highest BCUT2D eigenvalue weighted by Crippen LogP contribution is 2.53. The third kappa shape index (κ3) is 8.27. The van der Waals surface area contributed by atoms with E-state index in [0.717, 1.165) is 37.7 Å². The van der Waals surface area contributed by atoms with Crippen LogP contribution in [-0.4, -0.2) is 93.6 Å². The molecule has 0 bridgehead atoms. The molecule has 2 saturated carbocycles. The van der Waals surface area contributed by atoms with Crippen LogP contribution in [0.4, 0.5) is 18.4 Å². The first kappa shape index (κ1) is 40.5. The van der Waals surface area contributed by atoms with Crippen LogP contribution in [0.5, 0.6) is 0 Å². The molecule has 0 saturated heterocycles. The highest BCUT2D eigenvalue weighted by molar-refractivity contribution is 5.87. The fourth-order valence-electron chi connectivity index (χ4n) is 8.42. The monoisotopic (exact) mass is 822 g/mol. The van der Waals surface area contributed by atoms with Crippen LogP contribution < -0.4 is 10.6 Å². The van der Waals surface area contributed by atoms with Crippen LogP contribution in [0, 0.1) is 11.3 Å². The van der Waals surface area contributed by atoms with Crippen molar-refractivity contribution in [2.24, 2.45) is 11.3 Å². The smallest absolute Gasteiger partial charge is 0.407 e. The lowest BCUT2D eigenvalue weighted by Gasteiger charge is -2.28. The second kappa shape index (κ2) is 16.0. The number of ether oxygens (including phenoxy) is 2. The third-order valence-corrected chi connectivity index (χ3v) is 12.1. The van der Waals surface area contributed by atoms with Crippen LogP contribution in [0.15, 0.2) is 60.8 Å².